The SMILES string of the molecule is CCCCCCCCOc1ccc(Nc2nc(-c3cccnc3)c(Cl)s2)cc1C(C)C(=O)C(C)c1cc(Nc2nc(-c3cccnc3)c(Cl)s2)ccc1OCCCCCCCC. The van der Waals surface area contributed by atoms with E-state index in [9.17, 15) is 4.79 Å². The number of anilines is 4. The number of benzene rings is 2. The number of halogens is 2. The van der Waals surface area contributed by atoms with Gasteiger partial charge in [0, 0.05) is 70.3 Å². The second-order valence-corrected chi connectivity index (χ2v) is 18.8. The molecule has 0 aliphatic rings. The van der Waals surface area contributed by atoms with Crippen molar-refractivity contribution in [3.63, 3.8) is 0 Å². The Hall–Kier alpha value is -4.55. The maximum absolute atomic E-state index is 14.8. The Balaban J connectivity index is 1.25. The summed E-state index contributed by atoms with van der Waals surface area (Å²) in [5, 5.41) is 8.16. The highest BCUT2D eigenvalue weighted by atomic mass is 35.5. The van der Waals surface area contributed by atoms with Crippen molar-refractivity contribution in [3.05, 3.63) is 105 Å². The van der Waals surface area contributed by atoms with Gasteiger partial charge in [0.05, 0.1) is 13.2 Å². The van der Waals surface area contributed by atoms with Gasteiger partial charge in [-0.25, -0.2) is 9.97 Å². The van der Waals surface area contributed by atoms with Crippen LogP contribution in [0.25, 0.3) is 22.5 Å². The van der Waals surface area contributed by atoms with Gasteiger partial charge in [0.2, 0.25) is 0 Å². The highest BCUT2D eigenvalue weighted by Crippen LogP contribution is 2.41. The third-order valence-electron chi connectivity index (χ3n) is 10.9. The van der Waals surface area contributed by atoms with E-state index in [0.717, 1.165) is 59.3 Å². The number of ketones is 1. The molecule has 6 rings (SSSR count). The van der Waals surface area contributed by atoms with Crippen LogP contribution in [0.15, 0.2) is 85.5 Å². The number of unbranched alkanes of at least 4 members (excludes halogenated alkanes) is 10. The first-order chi connectivity index (χ1) is 30.2. The first-order valence-corrected chi connectivity index (χ1v) is 24.4. The maximum atomic E-state index is 14.8. The van der Waals surface area contributed by atoms with Gasteiger partial charge in [0.25, 0.3) is 0 Å². The number of Topliss-reactive ketones (excluding diaryl/α,β-unsaturated/α-hetero) is 1. The summed E-state index contributed by atoms with van der Waals surface area (Å²) < 4.78 is 14.1. The molecule has 62 heavy (non-hydrogen) atoms. The van der Waals surface area contributed by atoms with E-state index < -0.39 is 11.8 Å². The molecule has 4 heterocycles. The predicted octanol–water partition coefficient (Wildman–Crippen LogP) is 15.5. The Kier molecular flexibility index (Phi) is 18.4. The van der Waals surface area contributed by atoms with Crippen molar-refractivity contribution in [1.82, 2.24) is 19.9 Å². The van der Waals surface area contributed by atoms with E-state index in [4.69, 9.17) is 42.6 Å². The Morgan fingerprint density at radius 1 is 0.613 bits per heavy atom. The number of thiazole rings is 2. The second kappa shape index (κ2) is 24.3. The Morgan fingerprint density at radius 2 is 1.03 bits per heavy atom. The Bertz CT molecular complexity index is 2150. The van der Waals surface area contributed by atoms with Crippen molar-refractivity contribution in [1.29, 1.82) is 0 Å². The molecule has 0 saturated heterocycles. The molecule has 0 aliphatic heterocycles. The summed E-state index contributed by atoms with van der Waals surface area (Å²) >= 11 is 16.0. The standard InChI is InChI=1S/C49H58Cl2N6O3S2/c1-5-7-9-11-13-15-27-59-41-23-21-37(54-48-56-43(46(50)61-48)35-19-17-25-52-31-35)29-39(41)33(3)45(58)34(4)40-30-38(22-24-42(40)60-28-16-14-12-10-8-6-2)55-49-57-44(47(51)62-49)36-20-18-26-53-32-36/h17-26,29-34H,5-16,27-28H2,1-4H3,(H,54,56)(H,55,57). The smallest absolute Gasteiger partial charge is 0.189 e. The maximum Gasteiger partial charge on any atom is 0.189 e. The van der Waals surface area contributed by atoms with Crippen LogP contribution in [0.1, 0.15) is 128 Å². The highest BCUT2D eigenvalue weighted by Gasteiger charge is 2.28. The second-order valence-electron chi connectivity index (χ2n) is 15.6. The highest BCUT2D eigenvalue weighted by molar-refractivity contribution is 7.20. The van der Waals surface area contributed by atoms with Gasteiger partial charge in [-0.05, 0) is 73.5 Å². The van der Waals surface area contributed by atoms with Crippen molar-refractivity contribution in [3.8, 4) is 34.0 Å². The van der Waals surface area contributed by atoms with Crippen molar-refractivity contribution < 1.29 is 14.3 Å². The molecule has 2 atom stereocenters. The number of carbonyl (C=O) groups excluding carboxylic acids is 1. The number of nitrogens with one attached hydrogen (secondary N) is 2. The van der Waals surface area contributed by atoms with E-state index in [1.165, 1.54) is 74.0 Å². The number of pyridine rings is 2. The van der Waals surface area contributed by atoms with Crippen LogP contribution >= 0.6 is 45.9 Å². The molecular formula is C49H58Cl2N6O3S2. The molecule has 0 saturated carbocycles. The normalized spacial score (nSPS) is 12.2. The minimum absolute atomic E-state index is 0.0421. The number of nitrogens with zero attached hydrogens (tertiary/aromatic N) is 4. The fraction of sp³-hybridized carbons (Fsp3) is 0.408. The molecule has 0 aliphatic carbocycles. The van der Waals surface area contributed by atoms with Gasteiger partial charge in [-0.3, -0.25) is 14.8 Å². The van der Waals surface area contributed by atoms with E-state index >= 15 is 0 Å². The molecule has 2 unspecified atom stereocenters. The van der Waals surface area contributed by atoms with E-state index in [0.29, 0.717) is 55.0 Å². The van der Waals surface area contributed by atoms with Crippen LogP contribution in [0.5, 0.6) is 11.5 Å². The number of aromatic nitrogens is 4. The van der Waals surface area contributed by atoms with E-state index in [2.05, 4.69) is 34.4 Å². The van der Waals surface area contributed by atoms with Crippen LogP contribution in [0.4, 0.5) is 21.6 Å². The van der Waals surface area contributed by atoms with Gasteiger partial charge in [-0.15, -0.1) is 0 Å². The largest absolute Gasteiger partial charge is 0.493 e. The minimum Gasteiger partial charge on any atom is -0.493 e. The molecule has 2 N–H and O–H groups in total. The molecule has 13 heteroatoms. The van der Waals surface area contributed by atoms with Gasteiger partial charge in [0.1, 0.15) is 37.3 Å². The molecule has 6 aromatic rings. The molecule has 4 aromatic heterocycles. The van der Waals surface area contributed by atoms with E-state index in [1.54, 1.807) is 24.8 Å². The molecule has 328 valence electrons. The molecule has 0 radical (unpaired) electrons. The van der Waals surface area contributed by atoms with Crippen molar-refractivity contribution in [2.45, 2.75) is 117 Å². The summed E-state index contributed by atoms with van der Waals surface area (Å²) in [6.07, 6.45) is 20.8. The van der Waals surface area contributed by atoms with Crippen LogP contribution < -0.4 is 20.1 Å². The molecule has 0 spiro atoms. The lowest BCUT2D eigenvalue weighted by molar-refractivity contribution is -0.121. The molecule has 0 amide bonds. The zero-order valence-electron chi connectivity index (χ0n) is 36.2. The molecule has 9 nitrogen and oxygen atoms in total. The van der Waals surface area contributed by atoms with E-state index in [1.807, 2.05) is 74.5 Å². The van der Waals surface area contributed by atoms with Crippen molar-refractivity contribution in [2.24, 2.45) is 0 Å². The predicted molar refractivity (Wildman–Crippen MR) is 260 cm³/mol. The van der Waals surface area contributed by atoms with E-state index in [-0.39, 0.29) is 5.78 Å². The summed E-state index contributed by atoms with van der Waals surface area (Å²) in [5.74, 6) is 0.413. The van der Waals surface area contributed by atoms with Crippen LogP contribution in [0.3, 0.4) is 0 Å². The van der Waals surface area contributed by atoms with Crippen LogP contribution in [-0.2, 0) is 4.79 Å². The van der Waals surface area contributed by atoms with Gasteiger partial charge in [-0.2, -0.15) is 0 Å². The lowest BCUT2D eigenvalue weighted by atomic mass is 9.84. The fourth-order valence-electron chi connectivity index (χ4n) is 7.32. The van der Waals surface area contributed by atoms with Crippen molar-refractivity contribution >= 4 is 73.3 Å². The number of hydrogen-bond acceptors (Lipinski definition) is 11. The lowest BCUT2D eigenvalue weighted by Gasteiger charge is -2.23. The average Bonchev–Trinajstić information content (AvgIpc) is 3.86. The zero-order valence-corrected chi connectivity index (χ0v) is 39.4. The number of hydrogen-bond donors (Lipinski definition) is 2. The van der Waals surface area contributed by atoms with Crippen LogP contribution in [0, 0.1) is 0 Å². The first kappa shape index (κ1) is 46.9. The number of rotatable bonds is 26. The Labute approximate surface area is 385 Å². The third kappa shape index (κ3) is 13.2. The lowest BCUT2D eigenvalue weighted by Crippen LogP contribution is -2.19. The van der Waals surface area contributed by atoms with Gasteiger partial charge in [-0.1, -0.05) is 138 Å². The summed E-state index contributed by atoms with van der Waals surface area (Å²) in [6, 6.07) is 19.5. The quantitative estimate of drug-likeness (QED) is 0.0514. The number of ether oxygens (including phenoxy) is 2. The molecular weight excluding hydrogens is 856 g/mol. The average molecular weight is 914 g/mol. The first-order valence-electron chi connectivity index (χ1n) is 22.0. The van der Waals surface area contributed by atoms with Gasteiger partial charge < -0.3 is 20.1 Å². The summed E-state index contributed by atoms with van der Waals surface area (Å²) in [7, 11) is 0. The fourth-order valence-corrected chi connectivity index (χ4v) is 9.53. The number of carbonyl (C=O) groups is 1. The topological polar surface area (TPSA) is 111 Å². The van der Waals surface area contributed by atoms with Crippen LogP contribution in [-0.4, -0.2) is 38.9 Å². The summed E-state index contributed by atoms with van der Waals surface area (Å²) in [6.45, 7) is 9.54. The summed E-state index contributed by atoms with van der Waals surface area (Å²) in [4.78, 5) is 32.9. The zero-order chi connectivity index (χ0) is 43.7. The monoisotopic (exact) mass is 912 g/mol. The van der Waals surface area contributed by atoms with Crippen LogP contribution in [0.2, 0.25) is 8.67 Å². The molecule has 0 fully saturated rings. The molecule has 2 aromatic carbocycles. The minimum atomic E-state index is -0.514. The molecule has 0 bridgehead atoms. The summed E-state index contributed by atoms with van der Waals surface area (Å²) in [5.41, 5.74) is 6.19. The van der Waals surface area contributed by atoms with Gasteiger partial charge in [0.15, 0.2) is 10.3 Å². The van der Waals surface area contributed by atoms with Gasteiger partial charge >= 0.3 is 0 Å². The Morgan fingerprint density at radius 3 is 1.44 bits per heavy atom. The van der Waals surface area contributed by atoms with Crippen molar-refractivity contribution in [2.75, 3.05) is 23.8 Å². The third-order valence-corrected chi connectivity index (χ3v) is 13.2.